The second-order valence-electron chi connectivity index (χ2n) is 2.84. The predicted molar refractivity (Wildman–Crippen MR) is 52.6 cm³/mol. The number of halogens is 3. The van der Waals surface area contributed by atoms with Crippen molar-refractivity contribution in [3.05, 3.63) is 21.1 Å². The SMILES string of the molecule is O=C(O)c1sc([N+](=O)[O-])cc1NC(=O)C(F)(F)F. The van der Waals surface area contributed by atoms with Crippen LogP contribution in [-0.4, -0.2) is 28.1 Å². The number of nitro groups is 1. The standard InChI is InChI=1S/C7H3F3N2O5S/c8-7(9,10)6(15)11-2-1-3(12(16)17)18-4(2)5(13)14/h1H,(H,11,15)(H,13,14). The topological polar surface area (TPSA) is 110 Å². The molecule has 0 bridgehead atoms. The lowest BCUT2D eigenvalue weighted by Gasteiger charge is -2.06. The smallest absolute Gasteiger partial charge is 0.471 e. The van der Waals surface area contributed by atoms with Gasteiger partial charge in [0.05, 0.1) is 16.7 Å². The average molecular weight is 284 g/mol. The molecule has 1 aromatic rings. The van der Waals surface area contributed by atoms with Gasteiger partial charge < -0.3 is 10.4 Å². The second kappa shape index (κ2) is 4.60. The molecule has 0 aliphatic rings. The minimum Gasteiger partial charge on any atom is -0.477 e. The summed E-state index contributed by atoms with van der Waals surface area (Å²) in [6, 6.07) is 0.553. The quantitative estimate of drug-likeness (QED) is 0.650. The van der Waals surface area contributed by atoms with Crippen LogP contribution in [-0.2, 0) is 4.79 Å². The van der Waals surface area contributed by atoms with E-state index in [4.69, 9.17) is 5.11 Å². The molecule has 1 rings (SSSR count). The summed E-state index contributed by atoms with van der Waals surface area (Å²) in [6.45, 7) is 0. The number of anilines is 1. The molecule has 18 heavy (non-hydrogen) atoms. The summed E-state index contributed by atoms with van der Waals surface area (Å²) >= 11 is 0.148. The van der Waals surface area contributed by atoms with E-state index in [1.165, 1.54) is 5.32 Å². The molecule has 1 aromatic heterocycles. The summed E-state index contributed by atoms with van der Waals surface area (Å²) in [5.74, 6) is -4.08. The Morgan fingerprint density at radius 2 is 2.00 bits per heavy atom. The van der Waals surface area contributed by atoms with Crippen LogP contribution in [0.5, 0.6) is 0 Å². The van der Waals surface area contributed by atoms with Gasteiger partial charge >= 0.3 is 23.1 Å². The predicted octanol–water partition coefficient (Wildman–Crippen LogP) is 1.86. The number of carbonyl (C=O) groups excluding carboxylic acids is 1. The lowest BCUT2D eigenvalue weighted by Crippen LogP contribution is -2.30. The number of rotatable bonds is 3. The van der Waals surface area contributed by atoms with E-state index in [-0.39, 0.29) is 11.3 Å². The Labute approximate surface area is 100.0 Å². The Kier molecular flexibility index (Phi) is 3.55. The molecular weight excluding hydrogens is 281 g/mol. The summed E-state index contributed by atoms with van der Waals surface area (Å²) in [7, 11) is 0. The zero-order valence-electron chi connectivity index (χ0n) is 8.15. The van der Waals surface area contributed by atoms with Gasteiger partial charge in [-0.05, 0) is 0 Å². The highest BCUT2D eigenvalue weighted by Crippen LogP contribution is 2.33. The Balaban J connectivity index is 3.12. The molecule has 0 radical (unpaired) electrons. The number of amides is 1. The van der Waals surface area contributed by atoms with Crippen molar-refractivity contribution >= 4 is 33.9 Å². The zero-order valence-corrected chi connectivity index (χ0v) is 8.96. The van der Waals surface area contributed by atoms with E-state index in [1.807, 2.05) is 0 Å². The summed E-state index contributed by atoms with van der Waals surface area (Å²) < 4.78 is 35.8. The number of alkyl halides is 3. The fourth-order valence-corrected chi connectivity index (χ4v) is 1.68. The molecule has 0 unspecified atom stereocenters. The highest BCUT2D eigenvalue weighted by molar-refractivity contribution is 7.17. The van der Waals surface area contributed by atoms with Gasteiger partial charge in [-0.1, -0.05) is 11.3 Å². The minimum atomic E-state index is -5.22. The maximum absolute atomic E-state index is 11.9. The number of hydrogen-bond donors (Lipinski definition) is 2. The van der Waals surface area contributed by atoms with Gasteiger partial charge in [-0.3, -0.25) is 14.9 Å². The van der Waals surface area contributed by atoms with Gasteiger partial charge in [-0.15, -0.1) is 0 Å². The van der Waals surface area contributed by atoms with Gasteiger partial charge in [0.25, 0.3) is 0 Å². The van der Waals surface area contributed by atoms with Gasteiger partial charge in [-0.25, -0.2) is 4.79 Å². The number of aromatic carboxylic acids is 1. The van der Waals surface area contributed by atoms with Crippen LogP contribution in [0.2, 0.25) is 0 Å². The molecule has 0 aliphatic carbocycles. The molecule has 7 nitrogen and oxygen atoms in total. The number of carboxylic acids is 1. The van der Waals surface area contributed by atoms with Crippen molar-refractivity contribution in [3.8, 4) is 0 Å². The molecule has 0 aliphatic heterocycles. The molecule has 0 saturated carbocycles. The number of nitrogens with one attached hydrogen (secondary N) is 1. The molecule has 2 N–H and O–H groups in total. The van der Waals surface area contributed by atoms with Crippen LogP contribution in [0.4, 0.5) is 23.9 Å². The Bertz CT molecular complexity index is 524. The first-order valence-corrected chi connectivity index (χ1v) is 4.84. The van der Waals surface area contributed by atoms with E-state index in [9.17, 15) is 32.9 Å². The lowest BCUT2D eigenvalue weighted by atomic mass is 10.3. The van der Waals surface area contributed by atoms with Gasteiger partial charge in [0.1, 0.15) is 4.88 Å². The van der Waals surface area contributed by atoms with Crippen LogP contribution in [0.15, 0.2) is 6.07 Å². The van der Waals surface area contributed by atoms with Crippen molar-refractivity contribution in [2.75, 3.05) is 5.32 Å². The zero-order chi connectivity index (χ0) is 14.1. The fourth-order valence-electron chi connectivity index (χ4n) is 0.913. The fraction of sp³-hybridized carbons (Fsp3) is 0.143. The summed E-state index contributed by atoms with van der Waals surface area (Å²) in [6.07, 6.45) is -5.22. The van der Waals surface area contributed by atoms with Crippen LogP contribution in [0.3, 0.4) is 0 Å². The molecule has 0 saturated heterocycles. The van der Waals surface area contributed by atoms with Gasteiger partial charge in [0.15, 0.2) is 0 Å². The van der Waals surface area contributed by atoms with E-state index < -0.39 is 38.5 Å². The molecule has 0 aromatic carbocycles. The second-order valence-corrected chi connectivity index (χ2v) is 3.87. The third-order valence-electron chi connectivity index (χ3n) is 1.60. The summed E-state index contributed by atoms with van der Waals surface area (Å²) in [5.41, 5.74) is -0.762. The highest BCUT2D eigenvalue weighted by Gasteiger charge is 2.39. The molecule has 0 spiro atoms. The maximum atomic E-state index is 11.9. The summed E-state index contributed by atoms with van der Waals surface area (Å²) in [5, 5.41) is 19.6. The van der Waals surface area contributed by atoms with Crippen LogP contribution >= 0.6 is 11.3 Å². The van der Waals surface area contributed by atoms with Crippen LogP contribution in [0, 0.1) is 10.1 Å². The van der Waals surface area contributed by atoms with E-state index in [0.717, 1.165) is 0 Å². The Morgan fingerprint density at radius 3 is 2.39 bits per heavy atom. The molecule has 1 amide bonds. The molecule has 0 fully saturated rings. The normalized spacial score (nSPS) is 11.1. The van der Waals surface area contributed by atoms with E-state index in [0.29, 0.717) is 6.07 Å². The molecule has 11 heteroatoms. The van der Waals surface area contributed by atoms with Crippen molar-refractivity contribution in [1.29, 1.82) is 0 Å². The van der Waals surface area contributed by atoms with Gasteiger partial charge in [-0.2, -0.15) is 13.2 Å². The third kappa shape index (κ3) is 2.94. The van der Waals surface area contributed by atoms with Crippen molar-refractivity contribution in [2.45, 2.75) is 6.18 Å². The van der Waals surface area contributed by atoms with Crippen molar-refractivity contribution in [2.24, 2.45) is 0 Å². The Morgan fingerprint density at radius 1 is 1.44 bits per heavy atom. The first-order chi connectivity index (χ1) is 8.12. The highest BCUT2D eigenvalue weighted by atomic mass is 32.1. The van der Waals surface area contributed by atoms with E-state index >= 15 is 0 Å². The number of carboxylic acid groups (broad SMARTS) is 1. The molecule has 1 heterocycles. The largest absolute Gasteiger partial charge is 0.477 e. The van der Waals surface area contributed by atoms with Crippen molar-refractivity contribution in [3.63, 3.8) is 0 Å². The first-order valence-electron chi connectivity index (χ1n) is 4.02. The summed E-state index contributed by atoms with van der Waals surface area (Å²) in [4.78, 5) is 29.9. The lowest BCUT2D eigenvalue weighted by molar-refractivity contribution is -0.380. The monoisotopic (exact) mass is 284 g/mol. The van der Waals surface area contributed by atoms with Gasteiger partial charge in [0.2, 0.25) is 0 Å². The van der Waals surface area contributed by atoms with Crippen molar-refractivity contribution in [1.82, 2.24) is 0 Å². The van der Waals surface area contributed by atoms with Crippen LogP contribution < -0.4 is 5.32 Å². The minimum absolute atomic E-state index is 0.148. The Hall–Kier alpha value is -2.17. The first kappa shape index (κ1) is 13.9. The average Bonchev–Trinajstić information content (AvgIpc) is 2.60. The molecule has 98 valence electrons. The maximum Gasteiger partial charge on any atom is 0.471 e. The molecule has 0 atom stereocenters. The van der Waals surface area contributed by atoms with Crippen LogP contribution in [0.25, 0.3) is 0 Å². The number of thiophene rings is 1. The third-order valence-corrected chi connectivity index (χ3v) is 2.67. The number of hydrogen-bond acceptors (Lipinski definition) is 5. The van der Waals surface area contributed by atoms with E-state index in [2.05, 4.69) is 0 Å². The number of carbonyl (C=O) groups is 2. The molecular formula is C7H3F3N2O5S. The van der Waals surface area contributed by atoms with Crippen LogP contribution in [0.1, 0.15) is 9.67 Å². The van der Waals surface area contributed by atoms with E-state index in [1.54, 1.807) is 0 Å². The van der Waals surface area contributed by atoms with Gasteiger partial charge in [0, 0.05) is 0 Å². The van der Waals surface area contributed by atoms with Crippen molar-refractivity contribution < 1.29 is 32.8 Å². The number of nitrogens with zero attached hydrogens (tertiary/aromatic N) is 1.